The molecule has 1 fully saturated rings. The van der Waals surface area contributed by atoms with Crippen LogP contribution in [0.2, 0.25) is 10.0 Å². The lowest BCUT2D eigenvalue weighted by Gasteiger charge is -2.35. The number of aromatic nitrogens is 4. The first-order valence-electron chi connectivity index (χ1n) is 28.2. The molecule has 0 saturated carbocycles. The van der Waals surface area contributed by atoms with E-state index in [1.165, 1.54) is 29.8 Å². The number of carboxylic acid groups (broad SMARTS) is 1. The summed E-state index contributed by atoms with van der Waals surface area (Å²) >= 11 is 16.0. The van der Waals surface area contributed by atoms with E-state index in [4.69, 9.17) is 85.0 Å². The summed E-state index contributed by atoms with van der Waals surface area (Å²) in [5.74, 6) is -0.208. The zero-order valence-electron chi connectivity index (χ0n) is 48.8. The summed E-state index contributed by atoms with van der Waals surface area (Å²) < 4.78 is 85.9. The standard InChI is InChI=1S/C62H71Cl2FN6O14S/c1-39-51-40(2)55(64)57(54(39)63)84-46(34-71-18-16-70(3)17-19-71)37-82-45-11-13-49(48(33-45)56(62(72)73)85-60-53-52(51)58(86-61(53)68-38-67-60)42-7-9-43(65)10-8-42)83-36-44-14-15-66-59(69-44)47-12-6-41(35-80-29-28-78-26-24-76-22-20-74-4)32-50(47)81-31-30-79-27-25-77-23-21-75-5/h6-15,32-33,38,46,56H,16-31,34-37H2,1-5H3,(H,72,73)/t46-,56-/m1/s1. The lowest BCUT2D eigenvalue weighted by Crippen LogP contribution is -2.49. The van der Waals surface area contributed by atoms with Crippen LogP contribution in [-0.4, -0.2) is 187 Å². The van der Waals surface area contributed by atoms with E-state index < -0.39 is 24.0 Å². The van der Waals surface area contributed by atoms with Gasteiger partial charge in [0.1, 0.15) is 60.1 Å². The van der Waals surface area contributed by atoms with Gasteiger partial charge in [0.2, 0.25) is 12.0 Å². The smallest absolute Gasteiger partial charge is 0.349 e. The first-order chi connectivity index (χ1) is 41.9. The number of piperazine rings is 1. The number of hydrogen-bond donors (Lipinski definition) is 1. The third-order valence-corrected chi connectivity index (χ3v) is 16.3. The minimum atomic E-state index is -1.73. The van der Waals surface area contributed by atoms with Crippen molar-refractivity contribution in [2.24, 2.45) is 0 Å². The highest BCUT2D eigenvalue weighted by Crippen LogP contribution is 2.53. The van der Waals surface area contributed by atoms with Crippen LogP contribution in [0.4, 0.5) is 4.39 Å². The summed E-state index contributed by atoms with van der Waals surface area (Å²) in [6.07, 6.45) is 0.586. The van der Waals surface area contributed by atoms with Crippen LogP contribution in [0.1, 0.15) is 34.1 Å². The number of aliphatic carboxylic acids is 1. The van der Waals surface area contributed by atoms with Gasteiger partial charge in [-0.2, -0.15) is 0 Å². The van der Waals surface area contributed by atoms with Crippen molar-refractivity contribution in [1.82, 2.24) is 29.7 Å². The number of nitrogens with zero attached hydrogens (tertiary/aromatic N) is 6. The maximum Gasteiger partial charge on any atom is 0.349 e. The SMILES string of the molecule is COCCOCCOCCOCc1ccc(-c2nccc(COc3ccc4cc3[C@H](C(=O)O)Oc3ncnc5sc(-c6ccc(F)cc6)c(c35)-c3c(C)c(Cl)c(c(Cl)c3C)O[C@H](CN3CCN(C)CC3)CO4)n2)c(OCCOCCOCCOC)c1. The number of rotatable bonds is 29. The summed E-state index contributed by atoms with van der Waals surface area (Å²) in [5, 5.41) is 12.2. The molecule has 4 aromatic carbocycles. The van der Waals surface area contributed by atoms with Crippen LogP contribution in [0, 0.1) is 19.7 Å². The van der Waals surface area contributed by atoms with E-state index in [-0.39, 0.29) is 60.3 Å². The van der Waals surface area contributed by atoms with Crippen LogP contribution in [0.3, 0.4) is 0 Å². The Balaban J connectivity index is 1.03. The van der Waals surface area contributed by atoms with Crippen molar-refractivity contribution in [3.8, 4) is 61.8 Å². The van der Waals surface area contributed by atoms with E-state index in [2.05, 4.69) is 31.8 Å². The highest BCUT2D eigenvalue weighted by molar-refractivity contribution is 7.22. The van der Waals surface area contributed by atoms with Crippen LogP contribution in [0.25, 0.3) is 43.2 Å². The maximum absolute atomic E-state index is 14.5. The van der Waals surface area contributed by atoms with E-state index in [0.29, 0.717) is 150 Å². The first kappa shape index (κ1) is 64.1. The first-order valence-corrected chi connectivity index (χ1v) is 29.8. The molecule has 6 heterocycles. The number of hydrogen-bond acceptors (Lipinski definition) is 20. The maximum atomic E-state index is 14.5. The average Bonchev–Trinajstić information content (AvgIpc) is 1.56. The molecular weight excluding hydrogens is 1170 g/mol. The molecule has 0 aliphatic carbocycles. The molecule has 0 amide bonds. The summed E-state index contributed by atoms with van der Waals surface area (Å²) in [6.45, 7) is 12.7. The van der Waals surface area contributed by atoms with Crippen molar-refractivity contribution >= 4 is 50.7 Å². The minimum absolute atomic E-state index is 0.0230. The summed E-state index contributed by atoms with van der Waals surface area (Å²) in [5.41, 5.74) is 5.13. The molecule has 0 spiro atoms. The van der Waals surface area contributed by atoms with Gasteiger partial charge in [-0.05, 0) is 97.2 Å². The third-order valence-electron chi connectivity index (χ3n) is 14.2. The Morgan fingerprint density at radius 1 is 0.721 bits per heavy atom. The van der Waals surface area contributed by atoms with E-state index in [9.17, 15) is 14.3 Å². The Hall–Kier alpha value is -6.38. The second-order valence-corrected chi connectivity index (χ2v) is 22.0. The topological polar surface area (TPSA) is 206 Å². The summed E-state index contributed by atoms with van der Waals surface area (Å²) in [4.78, 5) is 38.4. The fraction of sp³-hybridized carbons (Fsp3) is 0.435. The molecule has 3 aromatic heterocycles. The van der Waals surface area contributed by atoms with Gasteiger partial charge in [-0.1, -0.05) is 41.4 Å². The molecule has 2 atom stereocenters. The van der Waals surface area contributed by atoms with Crippen LogP contribution in [0.5, 0.6) is 28.9 Å². The van der Waals surface area contributed by atoms with Gasteiger partial charge in [0, 0.05) is 69.1 Å². The third kappa shape index (κ3) is 16.8. The number of ether oxygens (including phenoxy) is 12. The van der Waals surface area contributed by atoms with Crippen LogP contribution < -0.4 is 23.7 Å². The van der Waals surface area contributed by atoms with Crippen molar-refractivity contribution in [2.45, 2.75) is 39.3 Å². The summed E-state index contributed by atoms with van der Waals surface area (Å²) in [6, 6.07) is 18.4. The van der Waals surface area contributed by atoms with Gasteiger partial charge >= 0.3 is 5.97 Å². The zero-order valence-corrected chi connectivity index (χ0v) is 51.1. The van der Waals surface area contributed by atoms with E-state index in [0.717, 1.165) is 31.7 Å². The second-order valence-electron chi connectivity index (χ2n) is 20.3. The molecule has 460 valence electrons. The molecular formula is C62H71Cl2FN6O14S. The van der Waals surface area contributed by atoms with Crippen LogP contribution in [0.15, 0.2) is 79.3 Å². The van der Waals surface area contributed by atoms with E-state index in [1.54, 1.807) is 56.8 Å². The minimum Gasteiger partial charge on any atom is -0.490 e. The fourth-order valence-electron chi connectivity index (χ4n) is 9.73. The molecule has 86 heavy (non-hydrogen) atoms. The van der Waals surface area contributed by atoms with Crippen molar-refractivity contribution < 1.29 is 71.1 Å². The number of likely N-dealkylation sites (N-methyl/N-ethyl adjacent to an activating group) is 1. The van der Waals surface area contributed by atoms with Crippen LogP contribution in [-0.2, 0) is 51.2 Å². The molecule has 1 saturated heterocycles. The number of benzene rings is 4. The summed E-state index contributed by atoms with van der Waals surface area (Å²) in [7, 11) is 5.33. The molecule has 20 nitrogen and oxygen atoms in total. The average molecular weight is 1250 g/mol. The molecule has 7 aromatic rings. The molecule has 10 rings (SSSR count). The van der Waals surface area contributed by atoms with E-state index >= 15 is 0 Å². The number of carboxylic acids is 1. The van der Waals surface area contributed by atoms with Crippen molar-refractivity contribution in [3.63, 3.8) is 0 Å². The molecule has 0 unspecified atom stereocenters. The van der Waals surface area contributed by atoms with Crippen molar-refractivity contribution in [2.75, 3.05) is 140 Å². The quantitative estimate of drug-likeness (QED) is 0.0433. The number of halogens is 3. The highest BCUT2D eigenvalue weighted by atomic mass is 35.5. The van der Waals surface area contributed by atoms with Gasteiger partial charge in [-0.3, -0.25) is 4.90 Å². The zero-order chi connectivity index (χ0) is 60.4. The molecule has 4 bridgehead atoms. The Bertz CT molecular complexity index is 3330. The van der Waals surface area contributed by atoms with Gasteiger partial charge in [0.15, 0.2) is 11.6 Å². The Kier molecular flexibility index (Phi) is 23.9. The second kappa shape index (κ2) is 32.0. The number of thiophene rings is 1. The van der Waals surface area contributed by atoms with Gasteiger partial charge in [-0.25, -0.2) is 29.1 Å². The Labute approximate surface area is 513 Å². The molecule has 3 aliphatic rings. The van der Waals surface area contributed by atoms with E-state index in [1.807, 2.05) is 32.0 Å². The largest absolute Gasteiger partial charge is 0.490 e. The Morgan fingerprint density at radius 2 is 1.38 bits per heavy atom. The van der Waals surface area contributed by atoms with Crippen LogP contribution >= 0.6 is 34.5 Å². The monoisotopic (exact) mass is 1240 g/mol. The predicted octanol–water partition coefficient (Wildman–Crippen LogP) is 9.97. The number of methoxy groups -OCH3 is 2. The number of fused-ring (bicyclic) bond motifs is 6. The molecule has 24 heteroatoms. The van der Waals surface area contributed by atoms with Gasteiger partial charge in [0.05, 0.1) is 106 Å². The van der Waals surface area contributed by atoms with Crippen molar-refractivity contribution in [1.29, 1.82) is 0 Å². The van der Waals surface area contributed by atoms with Gasteiger partial charge in [0.25, 0.3) is 0 Å². The molecule has 3 aliphatic heterocycles. The van der Waals surface area contributed by atoms with Crippen molar-refractivity contribution in [3.05, 3.63) is 123 Å². The molecule has 0 radical (unpaired) electrons. The predicted molar refractivity (Wildman–Crippen MR) is 323 cm³/mol. The van der Waals surface area contributed by atoms with Gasteiger partial charge in [-0.15, -0.1) is 11.3 Å². The lowest BCUT2D eigenvalue weighted by molar-refractivity contribution is -0.145. The van der Waals surface area contributed by atoms with Gasteiger partial charge < -0.3 is 66.8 Å². The number of carbonyl (C=O) groups is 1. The normalized spacial score (nSPS) is 15.6. The molecule has 1 N–H and O–H groups in total. The Morgan fingerprint density at radius 3 is 2.06 bits per heavy atom. The highest BCUT2D eigenvalue weighted by Gasteiger charge is 2.34. The lowest BCUT2D eigenvalue weighted by atomic mass is 9.92. The fourth-order valence-corrected chi connectivity index (χ4v) is 11.4.